The third-order valence-corrected chi connectivity index (χ3v) is 3.12. The van der Waals surface area contributed by atoms with Gasteiger partial charge in [0.2, 0.25) is 0 Å². The molecule has 16 heavy (non-hydrogen) atoms. The van der Waals surface area contributed by atoms with Gasteiger partial charge in [-0.3, -0.25) is 0 Å². The summed E-state index contributed by atoms with van der Waals surface area (Å²) in [6.45, 7) is 6.07. The average molecular weight is 212 g/mol. The Labute approximate surface area is 96.4 Å². The summed E-state index contributed by atoms with van der Waals surface area (Å²) in [5.41, 5.74) is 5.75. The lowest BCUT2D eigenvalue weighted by atomic mass is 9.96. The summed E-state index contributed by atoms with van der Waals surface area (Å²) in [7, 11) is 0. The molecule has 0 aromatic heterocycles. The second-order valence-electron chi connectivity index (χ2n) is 4.25. The fourth-order valence-corrected chi connectivity index (χ4v) is 1.85. The third-order valence-electron chi connectivity index (χ3n) is 3.12. The Morgan fingerprint density at radius 2 is 1.38 bits per heavy atom. The summed E-state index contributed by atoms with van der Waals surface area (Å²) in [6.07, 6.45) is 0. The Morgan fingerprint density at radius 1 is 0.750 bits per heavy atom. The monoisotopic (exact) mass is 212 g/mol. The van der Waals surface area contributed by atoms with Crippen LogP contribution in [-0.4, -0.2) is 5.11 Å². The molecule has 0 atom stereocenters. The first kappa shape index (κ1) is 10.7. The minimum Gasteiger partial charge on any atom is -0.508 e. The van der Waals surface area contributed by atoms with Crippen LogP contribution in [0, 0.1) is 20.8 Å². The lowest BCUT2D eigenvalue weighted by Crippen LogP contribution is -1.88. The Hall–Kier alpha value is -1.76. The van der Waals surface area contributed by atoms with Gasteiger partial charge in [0, 0.05) is 0 Å². The van der Waals surface area contributed by atoms with Gasteiger partial charge in [0.25, 0.3) is 0 Å². The molecule has 0 aliphatic heterocycles. The SMILES string of the molecule is Cc1ccc(-c2ccc(O)c(C)c2C)cc1. The van der Waals surface area contributed by atoms with Crippen LogP contribution in [0.3, 0.4) is 0 Å². The molecule has 82 valence electrons. The summed E-state index contributed by atoms with van der Waals surface area (Å²) >= 11 is 0. The highest BCUT2D eigenvalue weighted by molar-refractivity contribution is 5.70. The van der Waals surface area contributed by atoms with Crippen LogP contribution >= 0.6 is 0 Å². The van der Waals surface area contributed by atoms with Crippen molar-refractivity contribution in [1.82, 2.24) is 0 Å². The standard InChI is InChI=1S/C15H16O/c1-10-4-6-13(7-5-10)14-8-9-15(16)12(3)11(14)2/h4-9,16H,1-3H3. The maximum Gasteiger partial charge on any atom is 0.118 e. The zero-order valence-electron chi connectivity index (χ0n) is 9.91. The molecule has 0 unspecified atom stereocenters. The molecular formula is C15H16O. The molecule has 2 rings (SSSR count). The van der Waals surface area contributed by atoms with Crippen molar-refractivity contribution in [3.8, 4) is 16.9 Å². The second kappa shape index (κ2) is 4.01. The molecular weight excluding hydrogens is 196 g/mol. The van der Waals surface area contributed by atoms with E-state index in [1.54, 1.807) is 6.07 Å². The van der Waals surface area contributed by atoms with E-state index in [1.807, 2.05) is 19.9 Å². The zero-order chi connectivity index (χ0) is 11.7. The summed E-state index contributed by atoms with van der Waals surface area (Å²) in [5.74, 6) is 0.369. The highest BCUT2D eigenvalue weighted by Crippen LogP contribution is 2.30. The average Bonchev–Trinajstić information content (AvgIpc) is 2.28. The first-order chi connectivity index (χ1) is 7.59. The van der Waals surface area contributed by atoms with E-state index in [4.69, 9.17) is 0 Å². The minimum atomic E-state index is 0.369. The Balaban J connectivity index is 2.57. The van der Waals surface area contributed by atoms with Gasteiger partial charge in [0.05, 0.1) is 0 Å². The van der Waals surface area contributed by atoms with Crippen molar-refractivity contribution in [3.05, 3.63) is 53.1 Å². The van der Waals surface area contributed by atoms with E-state index in [0.717, 1.165) is 11.1 Å². The molecule has 1 heteroatoms. The normalized spacial score (nSPS) is 10.4. The molecule has 0 fully saturated rings. The van der Waals surface area contributed by atoms with E-state index in [0.29, 0.717) is 5.75 Å². The lowest BCUT2D eigenvalue weighted by molar-refractivity contribution is 0.470. The number of phenolic OH excluding ortho intramolecular Hbond substituents is 1. The highest BCUT2D eigenvalue weighted by atomic mass is 16.3. The highest BCUT2D eigenvalue weighted by Gasteiger charge is 2.06. The predicted molar refractivity (Wildman–Crippen MR) is 67.8 cm³/mol. The first-order valence-electron chi connectivity index (χ1n) is 5.46. The van der Waals surface area contributed by atoms with Crippen LogP contribution in [0.15, 0.2) is 36.4 Å². The van der Waals surface area contributed by atoms with Crippen molar-refractivity contribution < 1.29 is 5.11 Å². The van der Waals surface area contributed by atoms with Gasteiger partial charge in [-0.2, -0.15) is 0 Å². The number of hydrogen-bond acceptors (Lipinski definition) is 1. The van der Waals surface area contributed by atoms with Gasteiger partial charge in [-0.1, -0.05) is 35.9 Å². The number of phenols is 1. The fourth-order valence-electron chi connectivity index (χ4n) is 1.85. The Kier molecular flexibility index (Phi) is 2.69. The Bertz CT molecular complexity index is 510. The summed E-state index contributed by atoms with van der Waals surface area (Å²) in [6, 6.07) is 12.2. The number of rotatable bonds is 1. The van der Waals surface area contributed by atoms with Crippen LogP contribution in [-0.2, 0) is 0 Å². The molecule has 1 N–H and O–H groups in total. The first-order valence-corrected chi connectivity index (χ1v) is 5.46. The van der Waals surface area contributed by atoms with Crippen LogP contribution in [0.4, 0.5) is 0 Å². The van der Waals surface area contributed by atoms with E-state index in [2.05, 4.69) is 31.2 Å². The maximum absolute atomic E-state index is 9.62. The molecule has 0 saturated heterocycles. The number of hydrogen-bond donors (Lipinski definition) is 1. The Morgan fingerprint density at radius 3 is 2.00 bits per heavy atom. The van der Waals surface area contributed by atoms with Crippen molar-refractivity contribution in [2.24, 2.45) is 0 Å². The van der Waals surface area contributed by atoms with Crippen molar-refractivity contribution in [2.45, 2.75) is 20.8 Å². The topological polar surface area (TPSA) is 20.2 Å². The zero-order valence-corrected chi connectivity index (χ0v) is 9.91. The third kappa shape index (κ3) is 1.81. The van der Waals surface area contributed by atoms with Crippen LogP contribution in [0.2, 0.25) is 0 Å². The molecule has 0 amide bonds. The molecule has 2 aromatic carbocycles. The molecule has 0 radical (unpaired) electrons. The molecule has 0 aliphatic carbocycles. The van der Waals surface area contributed by atoms with Gasteiger partial charge in [-0.05, 0) is 49.1 Å². The predicted octanol–water partition coefficient (Wildman–Crippen LogP) is 3.98. The van der Waals surface area contributed by atoms with Gasteiger partial charge in [0.15, 0.2) is 0 Å². The molecule has 0 bridgehead atoms. The second-order valence-corrected chi connectivity index (χ2v) is 4.25. The summed E-state index contributed by atoms with van der Waals surface area (Å²) in [5, 5.41) is 9.62. The molecule has 0 aliphatic rings. The molecule has 2 aromatic rings. The number of benzene rings is 2. The van der Waals surface area contributed by atoms with Gasteiger partial charge >= 0.3 is 0 Å². The van der Waals surface area contributed by atoms with Crippen LogP contribution < -0.4 is 0 Å². The van der Waals surface area contributed by atoms with Crippen molar-refractivity contribution in [1.29, 1.82) is 0 Å². The van der Waals surface area contributed by atoms with Gasteiger partial charge in [-0.15, -0.1) is 0 Å². The summed E-state index contributed by atoms with van der Waals surface area (Å²) in [4.78, 5) is 0. The smallest absolute Gasteiger partial charge is 0.118 e. The van der Waals surface area contributed by atoms with Crippen LogP contribution in [0.1, 0.15) is 16.7 Å². The largest absolute Gasteiger partial charge is 0.508 e. The molecule has 1 nitrogen and oxygen atoms in total. The van der Waals surface area contributed by atoms with Gasteiger partial charge in [0.1, 0.15) is 5.75 Å². The molecule has 0 spiro atoms. The lowest BCUT2D eigenvalue weighted by Gasteiger charge is -2.10. The van der Waals surface area contributed by atoms with Gasteiger partial charge in [-0.25, -0.2) is 0 Å². The number of aromatic hydroxyl groups is 1. The van der Waals surface area contributed by atoms with E-state index in [9.17, 15) is 5.11 Å². The maximum atomic E-state index is 9.62. The van der Waals surface area contributed by atoms with Crippen molar-refractivity contribution in [3.63, 3.8) is 0 Å². The van der Waals surface area contributed by atoms with Crippen LogP contribution in [0.25, 0.3) is 11.1 Å². The molecule has 0 heterocycles. The van der Waals surface area contributed by atoms with E-state index in [1.165, 1.54) is 16.7 Å². The van der Waals surface area contributed by atoms with Gasteiger partial charge < -0.3 is 5.11 Å². The van der Waals surface area contributed by atoms with Crippen molar-refractivity contribution in [2.75, 3.05) is 0 Å². The summed E-state index contributed by atoms with van der Waals surface area (Å²) < 4.78 is 0. The van der Waals surface area contributed by atoms with E-state index in [-0.39, 0.29) is 0 Å². The quantitative estimate of drug-likeness (QED) is 0.758. The number of aryl methyl sites for hydroxylation is 1. The van der Waals surface area contributed by atoms with Crippen LogP contribution in [0.5, 0.6) is 5.75 Å². The van der Waals surface area contributed by atoms with Crippen molar-refractivity contribution >= 4 is 0 Å². The van der Waals surface area contributed by atoms with E-state index < -0.39 is 0 Å². The minimum absolute atomic E-state index is 0.369. The van der Waals surface area contributed by atoms with E-state index >= 15 is 0 Å². The molecule has 0 saturated carbocycles. The fraction of sp³-hybridized carbons (Fsp3) is 0.200.